The van der Waals surface area contributed by atoms with Gasteiger partial charge in [-0.3, -0.25) is 0 Å². The number of hydrogen-bond donors (Lipinski definition) is 4. The second kappa shape index (κ2) is 8.25. The van der Waals surface area contributed by atoms with Gasteiger partial charge in [-0.1, -0.05) is 30.3 Å². The van der Waals surface area contributed by atoms with Gasteiger partial charge in [-0.05, 0) is 71.9 Å². The monoisotopic (exact) mass is 394 g/mol. The summed E-state index contributed by atoms with van der Waals surface area (Å²) in [5.74, 6) is -1.09. The van der Waals surface area contributed by atoms with Crippen LogP contribution in [0, 0.1) is 0 Å². The highest BCUT2D eigenvalue weighted by atomic mass is 16.4. The van der Waals surface area contributed by atoms with Crippen molar-refractivity contribution in [2.24, 2.45) is 0 Å². The number of nitrogens with one attached hydrogen (secondary N) is 2. The number of aliphatic hydroxyl groups is 1. The largest absolute Gasteiger partial charge is 0.480 e. The number of fused-ring (bicyclic) bond motifs is 2. The minimum Gasteiger partial charge on any atom is -0.480 e. The van der Waals surface area contributed by atoms with Gasteiger partial charge in [0.1, 0.15) is 6.04 Å². The number of benzene rings is 2. The summed E-state index contributed by atoms with van der Waals surface area (Å²) in [5, 5.41) is 24.5. The first-order valence-electron chi connectivity index (χ1n) is 10.2. The number of hydrogen-bond acceptors (Lipinski definition) is 3. The molecule has 4 N–H and O–H groups in total. The zero-order valence-electron chi connectivity index (χ0n) is 16.3. The van der Waals surface area contributed by atoms with Crippen LogP contribution in [-0.2, 0) is 43.5 Å². The number of carboxylic acid groups (broad SMARTS) is 1. The summed E-state index contributed by atoms with van der Waals surface area (Å²) < 4.78 is 0. The van der Waals surface area contributed by atoms with E-state index in [0.717, 1.165) is 49.8 Å². The fourth-order valence-corrected chi connectivity index (χ4v) is 4.57. The molecule has 6 nitrogen and oxygen atoms in total. The van der Waals surface area contributed by atoms with Gasteiger partial charge in [0.05, 0.1) is 6.61 Å². The molecule has 2 aromatic carbocycles. The van der Waals surface area contributed by atoms with Crippen LogP contribution in [0.15, 0.2) is 30.3 Å². The van der Waals surface area contributed by atoms with E-state index >= 15 is 0 Å². The maximum Gasteiger partial charge on any atom is 0.326 e. The third-order valence-electron chi connectivity index (χ3n) is 5.93. The van der Waals surface area contributed by atoms with E-state index in [4.69, 9.17) is 0 Å². The number of amides is 2. The Morgan fingerprint density at radius 1 is 0.966 bits per heavy atom. The van der Waals surface area contributed by atoms with Gasteiger partial charge in [0.25, 0.3) is 0 Å². The molecule has 2 aromatic rings. The number of rotatable bonds is 6. The summed E-state index contributed by atoms with van der Waals surface area (Å²) in [7, 11) is 0. The van der Waals surface area contributed by atoms with Gasteiger partial charge in [0.2, 0.25) is 0 Å². The summed E-state index contributed by atoms with van der Waals surface area (Å²) >= 11 is 0. The number of urea groups is 1. The first kappa shape index (κ1) is 19.5. The molecule has 0 radical (unpaired) electrons. The molecule has 0 spiro atoms. The molecule has 2 aliphatic rings. The third kappa shape index (κ3) is 4.12. The Labute approximate surface area is 170 Å². The van der Waals surface area contributed by atoms with Crippen molar-refractivity contribution >= 4 is 17.7 Å². The van der Waals surface area contributed by atoms with Crippen LogP contribution in [0.3, 0.4) is 0 Å². The van der Waals surface area contributed by atoms with Crippen molar-refractivity contribution in [2.45, 2.75) is 57.6 Å². The lowest BCUT2D eigenvalue weighted by Crippen LogP contribution is -2.44. The zero-order chi connectivity index (χ0) is 20.4. The molecule has 152 valence electrons. The summed E-state index contributed by atoms with van der Waals surface area (Å²) in [4.78, 5) is 24.4. The molecule has 0 saturated carbocycles. The maximum atomic E-state index is 12.7. The van der Waals surface area contributed by atoms with Crippen LogP contribution in [0.5, 0.6) is 0 Å². The smallest absolute Gasteiger partial charge is 0.326 e. The number of aliphatic hydroxyl groups excluding tert-OH is 1. The van der Waals surface area contributed by atoms with Crippen molar-refractivity contribution in [1.29, 1.82) is 0 Å². The number of aliphatic carboxylic acids is 1. The van der Waals surface area contributed by atoms with Crippen LogP contribution >= 0.6 is 0 Å². The molecule has 0 aliphatic heterocycles. The first-order valence-corrected chi connectivity index (χ1v) is 10.2. The van der Waals surface area contributed by atoms with Gasteiger partial charge < -0.3 is 20.8 Å². The average molecular weight is 394 g/mol. The minimum absolute atomic E-state index is 0.107. The number of carbonyl (C=O) groups excluding carboxylic acids is 1. The first-order chi connectivity index (χ1) is 14.0. The van der Waals surface area contributed by atoms with E-state index in [2.05, 4.69) is 16.7 Å². The predicted molar refractivity (Wildman–Crippen MR) is 110 cm³/mol. The van der Waals surface area contributed by atoms with E-state index in [9.17, 15) is 19.8 Å². The molecule has 29 heavy (non-hydrogen) atoms. The van der Waals surface area contributed by atoms with Crippen LogP contribution in [-0.4, -0.2) is 28.3 Å². The van der Waals surface area contributed by atoms with Crippen LogP contribution in [0.4, 0.5) is 10.5 Å². The number of carboxylic acids is 1. The summed E-state index contributed by atoms with van der Waals surface area (Å²) in [5.41, 5.74) is 7.42. The van der Waals surface area contributed by atoms with Gasteiger partial charge in [-0.25, -0.2) is 9.59 Å². The third-order valence-corrected chi connectivity index (χ3v) is 5.93. The van der Waals surface area contributed by atoms with E-state index in [-0.39, 0.29) is 13.0 Å². The molecule has 2 amide bonds. The van der Waals surface area contributed by atoms with E-state index < -0.39 is 18.0 Å². The van der Waals surface area contributed by atoms with Crippen molar-refractivity contribution in [3.8, 4) is 0 Å². The Morgan fingerprint density at radius 3 is 2.24 bits per heavy atom. The molecular weight excluding hydrogens is 368 g/mol. The molecule has 0 saturated heterocycles. The van der Waals surface area contributed by atoms with Gasteiger partial charge in [0, 0.05) is 12.1 Å². The molecule has 4 rings (SSSR count). The fraction of sp³-hybridized carbons (Fsp3) is 0.391. The minimum atomic E-state index is -1.09. The van der Waals surface area contributed by atoms with Gasteiger partial charge >= 0.3 is 12.0 Å². The number of aryl methyl sites for hydroxylation is 2. The fourth-order valence-electron chi connectivity index (χ4n) is 4.57. The molecule has 1 atom stereocenters. The Morgan fingerprint density at radius 2 is 1.62 bits per heavy atom. The molecule has 0 aromatic heterocycles. The lowest BCUT2D eigenvalue weighted by molar-refractivity contribution is -0.139. The number of anilines is 1. The van der Waals surface area contributed by atoms with E-state index in [1.54, 1.807) is 24.3 Å². The normalized spacial score (nSPS) is 15.5. The van der Waals surface area contributed by atoms with Crippen molar-refractivity contribution < 1.29 is 19.8 Å². The maximum absolute atomic E-state index is 12.7. The van der Waals surface area contributed by atoms with Crippen LogP contribution < -0.4 is 10.6 Å². The molecule has 6 heteroatoms. The molecule has 0 heterocycles. The Balaban J connectivity index is 1.50. The van der Waals surface area contributed by atoms with Crippen LogP contribution in [0.1, 0.15) is 46.2 Å². The van der Waals surface area contributed by atoms with Gasteiger partial charge in [0.15, 0.2) is 0 Å². The standard InChI is InChI=1S/C23H26N2O4/c26-13-15-5-1-4-14(10-15)11-20(22(27)28)24-23(29)25-21-18-8-2-6-16(18)12-17-7-3-9-19(17)21/h1,4-5,10,12,20,26H,2-3,6-9,11,13H2,(H,27,28)(H2,24,25,29). The predicted octanol–water partition coefficient (Wildman–Crippen LogP) is 2.97. The van der Waals surface area contributed by atoms with Gasteiger partial charge in [-0.2, -0.15) is 0 Å². The SMILES string of the molecule is O=C(Nc1c2c(cc3c1CCC3)CCC2)NC(Cc1cccc(CO)c1)C(=O)O. The number of carbonyl (C=O) groups is 2. The van der Waals surface area contributed by atoms with E-state index in [1.807, 2.05) is 0 Å². The highest BCUT2D eigenvalue weighted by molar-refractivity contribution is 5.94. The average Bonchev–Trinajstić information content (AvgIpc) is 3.36. The van der Waals surface area contributed by atoms with E-state index in [0.29, 0.717) is 5.56 Å². The van der Waals surface area contributed by atoms with Crippen LogP contribution in [0.25, 0.3) is 0 Å². The lowest BCUT2D eigenvalue weighted by atomic mass is 9.99. The Bertz CT molecular complexity index is 922. The highest BCUT2D eigenvalue weighted by Crippen LogP contribution is 2.38. The summed E-state index contributed by atoms with van der Waals surface area (Å²) in [6, 6.07) is 7.87. The Kier molecular flexibility index (Phi) is 5.53. The highest BCUT2D eigenvalue weighted by Gasteiger charge is 2.26. The van der Waals surface area contributed by atoms with E-state index in [1.165, 1.54) is 22.3 Å². The molecule has 2 aliphatic carbocycles. The quantitative estimate of drug-likeness (QED) is 0.605. The Hall–Kier alpha value is -2.86. The lowest BCUT2D eigenvalue weighted by Gasteiger charge is -2.19. The summed E-state index contributed by atoms with van der Waals surface area (Å²) in [6.45, 7) is -0.107. The van der Waals surface area contributed by atoms with Crippen LogP contribution in [0.2, 0.25) is 0 Å². The second-order valence-electron chi connectivity index (χ2n) is 7.91. The van der Waals surface area contributed by atoms with Crippen molar-refractivity contribution in [1.82, 2.24) is 5.32 Å². The topological polar surface area (TPSA) is 98.7 Å². The molecule has 1 unspecified atom stereocenters. The zero-order valence-corrected chi connectivity index (χ0v) is 16.3. The van der Waals surface area contributed by atoms with Gasteiger partial charge in [-0.15, -0.1) is 0 Å². The molecule has 0 fully saturated rings. The van der Waals surface area contributed by atoms with Crippen molar-refractivity contribution in [3.63, 3.8) is 0 Å². The summed E-state index contributed by atoms with van der Waals surface area (Å²) in [6.07, 6.45) is 6.32. The molecule has 0 bridgehead atoms. The van der Waals surface area contributed by atoms with Crippen molar-refractivity contribution in [2.75, 3.05) is 5.32 Å². The molecular formula is C23H26N2O4. The van der Waals surface area contributed by atoms with Crippen molar-refractivity contribution in [3.05, 3.63) is 63.7 Å². The second-order valence-corrected chi connectivity index (χ2v) is 7.91.